The second kappa shape index (κ2) is 8.99. The third kappa shape index (κ3) is 5.43. The average Bonchev–Trinajstić information content (AvgIpc) is 2.64. The van der Waals surface area contributed by atoms with Crippen molar-refractivity contribution in [3.8, 4) is 0 Å². The Hall–Kier alpha value is -2.66. The van der Waals surface area contributed by atoms with Crippen LogP contribution in [0.3, 0.4) is 0 Å². The second-order valence-corrected chi connectivity index (χ2v) is 6.15. The first-order chi connectivity index (χ1) is 12.0. The Labute approximate surface area is 147 Å². The number of nitrogens with one attached hydrogen (secondary N) is 1. The van der Waals surface area contributed by atoms with E-state index < -0.39 is 24.0 Å². The molecule has 0 radical (unpaired) electrons. The zero-order chi connectivity index (χ0) is 18.2. The third-order valence-electron chi connectivity index (χ3n) is 3.82. The van der Waals surface area contributed by atoms with E-state index in [4.69, 9.17) is 4.74 Å². The van der Waals surface area contributed by atoms with Crippen molar-refractivity contribution < 1.29 is 19.4 Å². The number of hydrogen-bond acceptors (Lipinski definition) is 4. The molecule has 0 spiro atoms. The van der Waals surface area contributed by atoms with Crippen LogP contribution in [-0.2, 0) is 16.1 Å². The molecule has 0 aliphatic carbocycles. The molecule has 2 unspecified atom stereocenters. The highest BCUT2D eigenvalue weighted by Gasteiger charge is 2.32. The molecule has 2 rings (SSSR count). The van der Waals surface area contributed by atoms with Crippen LogP contribution in [0.2, 0.25) is 0 Å². The third-order valence-corrected chi connectivity index (χ3v) is 3.82. The van der Waals surface area contributed by atoms with Gasteiger partial charge in [-0.1, -0.05) is 62.4 Å². The minimum absolute atomic E-state index is 0.0855. The van der Waals surface area contributed by atoms with Crippen LogP contribution in [0.25, 0.3) is 0 Å². The smallest absolute Gasteiger partial charge is 0.331 e. The van der Waals surface area contributed by atoms with Crippen molar-refractivity contribution in [1.29, 1.82) is 0 Å². The molecule has 0 aromatic heterocycles. The number of aliphatic hydroxyl groups is 1. The molecule has 5 heteroatoms. The maximum absolute atomic E-state index is 12.4. The lowest BCUT2D eigenvalue weighted by Gasteiger charge is -2.25. The van der Waals surface area contributed by atoms with Crippen LogP contribution in [0.1, 0.15) is 29.8 Å². The number of esters is 1. The van der Waals surface area contributed by atoms with Crippen molar-refractivity contribution in [2.75, 3.05) is 0 Å². The van der Waals surface area contributed by atoms with Gasteiger partial charge in [-0.05, 0) is 23.6 Å². The Morgan fingerprint density at radius 3 is 2.12 bits per heavy atom. The zero-order valence-electron chi connectivity index (χ0n) is 14.4. The number of carbonyl (C=O) groups is 2. The molecule has 132 valence electrons. The average molecular weight is 341 g/mol. The fourth-order valence-electron chi connectivity index (χ4n) is 2.30. The van der Waals surface area contributed by atoms with Crippen molar-refractivity contribution in [3.63, 3.8) is 0 Å². The molecular weight excluding hydrogens is 318 g/mol. The lowest BCUT2D eigenvalue weighted by Crippen LogP contribution is -2.51. The van der Waals surface area contributed by atoms with E-state index in [-0.39, 0.29) is 12.5 Å². The predicted molar refractivity (Wildman–Crippen MR) is 94.8 cm³/mol. The van der Waals surface area contributed by atoms with Crippen molar-refractivity contribution in [1.82, 2.24) is 5.32 Å². The number of ether oxygens (including phenoxy) is 1. The predicted octanol–water partition coefficient (Wildman–Crippen LogP) is 2.55. The molecule has 2 aromatic rings. The van der Waals surface area contributed by atoms with Gasteiger partial charge in [-0.25, -0.2) is 4.79 Å². The molecule has 0 aliphatic rings. The maximum atomic E-state index is 12.4. The van der Waals surface area contributed by atoms with Gasteiger partial charge in [-0.2, -0.15) is 0 Å². The Morgan fingerprint density at radius 2 is 1.56 bits per heavy atom. The summed E-state index contributed by atoms with van der Waals surface area (Å²) in [5.74, 6) is -1.30. The molecule has 0 fully saturated rings. The molecule has 0 heterocycles. The Balaban J connectivity index is 2.06. The molecule has 0 aliphatic heterocycles. The Kier molecular flexibility index (Phi) is 6.71. The normalized spacial score (nSPS) is 13.1. The Bertz CT molecular complexity index is 685. The van der Waals surface area contributed by atoms with Gasteiger partial charge in [0.2, 0.25) is 0 Å². The molecule has 1 amide bonds. The van der Waals surface area contributed by atoms with E-state index in [0.29, 0.717) is 5.56 Å². The van der Waals surface area contributed by atoms with Gasteiger partial charge in [-0.3, -0.25) is 4.79 Å². The van der Waals surface area contributed by atoms with Crippen molar-refractivity contribution in [2.24, 2.45) is 5.92 Å². The van der Waals surface area contributed by atoms with Gasteiger partial charge in [-0.15, -0.1) is 0 Å². The number of hydrogen-bond donors (Lipinski definition) is 2. The second-order valence-electron chi connectivity index (χ2n) is 6.15. The van der Waals surface area contributed by atoms with E-state index in [0.717, 1.165) is 5.56 Å². The summed E-state index contributed by atoms with van der Waals surface area (Å²) in [4.78, 5) is 24.8. The molecule has 2 atom stereocenters. The monoisotopic (exact) mass is 341 g/mol. The highest BCUT2D eigenvalue weighted by Crippen LogP contribution is 2.11. The van der Waals surface area contributed by atoms with Crippen LogP contribution < -0.4 is 5.32 Å². The minimum Gasteiger partial charge on any atom is -0.459 e. The molecule has 2 N–H and O–H groups in total. The standard InChI is InChI=1S/C20H23NO4/c1-14(2)18(22)17(21-19(23)16-11-7-4-8-12-16)20(24)25-13-15-9-5-3-6-10-15/h3-12,14,17-18,22H,13H2,1-2H3,(H,21,23). The van der Waals surface area contributed by atoms with Gasteiger partial charge in [0.25, 0.3) is 5.91 Å². The molecule has 0 saturated heterocycles. The van der Waals surface area contributed by atoms with Crippen LogP contribution in [0.4, 0.5) is 0 Å². The minimum atomic E-state index is -1.13. The number of benzene rings is 2. The van der Waals surface area contributed by atoms with Crippen molar-refractivity contribution in [2.45, 2.75) is 32.6 Å². The summed E-state index contributed by atoms with van der Waals surface area (Å²) in [6.45, 7) is 3.63. The van der Waals surface area contributed by atoms with Crippen molar-refractivity contribution >= 4 is 11.9 Å². The topological polar surface area (TPSA) is 75.6 Å². The van der Waals surface area contributed by atoms with E-state index in [2.05, 4.69) is 5.32 Å². The van der Waals surface area contributed by atoms with E-state index >= 15 is 0 Å². The van der Waals surface area contributed by atoms with Gasteiger partial charge in [0.15, 0.2) is 6.04 Å². The summed E-state index contributed by atoms with van der Waals surface area (Å²) in [5.41, 5.74) is 1.25. The molecule has 25 heavy (non-hydrogen) atoms. The molecule has 0 saturated carbocycles. The van der Waals surface area contributed by atoms with Crippen LogP contribution in [0, 0.1) is 5.92 Å². The highest BCUT2D eigenvalue weighted by molar-refractivity contribution is 5.96. The summed E-state index contributed by atoms with van der Waals surface area (Å²) in [7, 11) is 0. The van der Waals surface area contributed by atoms with Gasteiger partial charge in [0, 0.05) is 5.56 Å². The lowest BCUT2D eigenvalue weighted by atomic mass is 9.99. The first-order valence-electron chi connectivity index (χ1n) is 8.23. The summed E-state index contributed by atoms with van der Waals surface area (Å²) < 4.78 is 5.28. The van der Waals surface area contributed by atoms with Gasteiger partial charge >= 0.3 is 5.97 Å². The summed E-state index contributed by atoms with van der Waals surface area (Å²) in [6, 6.07) is 16.7. The molecule has 5 nitrogen and oxygen atoms in total. The van der Waals surface area contributed by atoms with Crippen LogP contribution in [0.5, 0.6) is 0 Å². The van der Waals surface area contributed by atoms with Gasteiger partial charge in [0.05, 0.1) is 6.10 Å². The number of rotatable bonds is 7. The van der Waals surface area contributed by atoms with E-state index in [9.17, 15) is 14.7 Å². The van der Waals surface area contributed by atoms with E-state index in [1.807, 2.05) is 30.3 Å². The zero-order valence-corrected chi connectivity index (χ0v) is 14.4. The first-order valence-corrected chi connectivity index (χ1v) is 8.23. The Morgan fingerprint density at radius 1 is 1.00 bits per heavy atom. The quantitative estimate of drug-likeness (QED) is 0.759. The lowest BCUT2D eigenvalue weighted by molar-refractivity contribution is -0.151. The van der Waals surface area contributed by atoms with Crippen LogP contribution in [-0.4, -0.2) is 29.1 Å². The van der Waals surface area contributed by atoms with E-state index in [1.165, 1.54) is 0 Å². The van der Waals surface area contributed by atoms with Crippen LogP contribution >= 0.6 is 0 Å². The van der Waals surface area contributed by atoms with E-state index in [1.54, 1.807) is 44.2 Å². The first kappa shape index (κ1) is 18.7. The number of carbonyl (C=O) groups excluding carboxylic acids is 2. The van der Waals surface area contributed by atoms with Gasteiger partial charge < -0.3 is 15.2 Å². The van der Waals surface area contributed by atoms with Crippen LogP contribution in [0.15, 0.2) is 60.7 Å². The SMILES string of the molecule is CC(C)C(O)C(NC(=O)c1ccccc1)C(=O)OCc1ccccc1. The fourth-order valence-corrected chi connectivity index (χ4v) is 2.30. The molecule has 0 bridgehead atoms. The summed E-state index contributed by atoms with van der Waals surface area (Å²) in [5, 5.41) is 12.9. The number of amides is 1. The summed E-state index contributed by atoms with van der Waals surface area (Å²) in [6.07, 6.45) is -1.05. The maximum Gasteiger partial charge on any atom is 0.331 e. The largest absolute Gasteiger partial charge is 0.459 e. The number of aliphatic hydroxyl groups excluding tert-OH is 1. The highest BCUT2D eigenvalue weighted by atomic mass is 16.5. The van der Waals surface area contributed by atoms with Crippen molar-refractivity contribution in [3.05, 3.63) is 71.8 Å². The summed E-state index contributed by atoms with van der Waals surface area (Å²) >= 11 is 0. The molecular formula is C20H23NO4. The fraction of sp³-hybridized carbons (Fsp3) is 0.300. The molecule has 2 aromatic carbocycles. The van der Waals surface area contributed by atoms with Gasteiger partial charge in [0.1, 0.15) is 6.61 Å².